The number of ether oxygens (including phenoxy) is 3. The molecule has 0 spiro atoms. The first-order chi connectivity index (χ1) is 19.1. The topological polar surface area (TPSA) is 146 Å². The number of nitrogens with one attached hydrogen (secondary N) is 1. The van der Waals surface area contributed by atoms with Crippen molar-refractivity contribution in [1.29, 1.82) is 0 Å². The lowest BCUT2D eigenvalue weighted by Crippen LogP contribution is -2.42. The van der Waals surface area contributed by atoms with Crippen LogP contribution in [-0.2, 0) is 14.3 Å². The molecule has 3 aliphatic rings. The summed E-state index contributed by atoms with van der Waals surface area (Å²) in [7, 11) is 1.23. The lowest BCUT2D eigenvalue weighted by atomic mass is 10.1. The Balaban J connectivity index is 1.42. The standard InChI is InChI=1S/C27H32F2N4O7/c1-13(30)22-21(25(35)33-11-17(10-18(33)26(36)37-2)31-23(34)15-5-6-15)32-24(40-22)16-7-8-19(39-27(28)29)20(9-16)38-12-14-3-4-14/h7-9,13-15,17-18,27H,3-6,10-12,30H2,1-2H3,(H,31,34)/t13-,17+,18-/m0/s1. The van der Waals surface area contributed by atoms with Gasteiger partial charge in [-0.1, -0.05) is 0 Å². The predicted molar refractivity (Wildman–Crippen MR) is 136 cm³/mol. The summed E-state index contributed by atoms with van der Waals surface area (Å²) in [6.07, 6.45) is 3.85. The van der Waals surface area contributed by atoms with E-state index in [1.807, 2.05) is 0 Å². The number of aromatic nitrogens is 1. The van der Waals surface area contributed by atoms with Crippen LogP contribution >= 0.6 is 0 Å². The third-order valence-corrected chi connectivity index (χ3v) is 7.18. The van der Waals surface area contributed by atoms with Crippen LogP contribution in [0.2, 0.25) is 0 Å². The van der Waals surface area contributed by atoms with Gasteiger partial charge in [0.25, 0.3) is 5.91 Å². The zero-order valence-corrected chi connectivity index (χ0v) is 22.2. The Morgan fingerprint density at radius 2 is 1.95 bits per heavy atom. The minimum Gasteiger partial charge on any atom is -0.489 e. The van der Waals surface area contributed by atoms with Gasteiger partial charge in [0.15, 0.2) is 23.0 Å². The van der Waals surface area contributed by atoms with Crippen molar-refractivity contribution in [2.75, 3.05) is 20.3 Å². The molecule has 0 unspecified atom stereocenters. The number of benzene rings is 1. The molecule has 2 heterocycles. The molecule has 216 valence electrons. The van der Waals surface area contributed by atoms with Gasteiger partial charge in [-0.15, -0.1) is 0 Å². The van der Waals surface area contributed by atoms with Gasteiger partial charge >= 0.3 is 12.6 Å². The minimum atomic E-state index is -3.04. The number of esters is 1. The Labute approximate surface area is 229 Å². The minimum absolute atomic E-state index is 0.0166. The van der Waals surface area contributed by atoms with Crippen LogP contribution in [0.1, 0.15) is 61.3 Å². The van der Waals surface area contributed by atoms with E-state index in [-0.39, 0.29) is 53.6 Å². The van der Waals surface area contributed by atoms with Gasteiger partial charge < -0.3 is 34.6 Å². The van der Waals surface area contributed by atoms with Gasteiger partial charge in [0.05, 0.1) is 19.8 Å². The molecule has 11 nitrogen and oxygen atoms in total. The maximum Gasteiger partial charge on any atom is 0.387 e. The highest BCUT2D eigenvalue weighted by atomic mass is 19.3. The molecule has 1 aromatic heterocycles. The molecule has 3 atom stereocenters. The van der Waals surface area contributed by atoms with Gasteiger partial charge in [0.1, 0.15) is 6.04 Å². The van der Waals surface area contributed by atoms with Crippen molar-refractivity contribution in [2.24, 2.45) is 17.6 Å². The lowest BCUT2D eigenvalue weighted by Gasteiger charge is -2.22. The van der Waals surface area contributed by atoms with E-state index in [2.05, 4.69) is 15.0 Å². The van der Waals surface area contributed by atoms with Crippen molar-refractivity contribution in [2.45, 2.75) is 63.8 Å². The normalized spacial score (nSPS) is 21.3. The molecule has 1 saturated heterocycles. The number of rotatable bonds is 11. The molecule has 3 fully saturated rings. The first-order valence-electron chi connectivity index (χ1n) is 13.3. The van der Waals surface area contributed by atoms with E-state index >= 15 is 0 Å². The summed E-state index contributed by atoms with van der Waals surface area (Å²) in [4.78, 5) is 44.4. The van der Waals surface area contributed by atoms with Crippen LogP contribution in [0, 0.1) is 11.8 Å². The fourth-order valence-electron chi connectivity index (χ4n) is 4.68. The van der Waals surface area contributed by atoms with Crippen LogP contribution in [0.3, 0.4) is 0 Å². The summed E-state index contributed by atoms with van der Waals surface area (Å²) < 4.78 is 47.1. The third kappa shape index (κ3) is 6.19. The average molecular weight is 563 g/mol. The zero-order chi connectivity index (χ0) is 28.6. The van der Waals surface area contributed by atoms with Gasteiger partial charge in [-0.2, -0.15) is 8.78 Å². The monoisotopic (exact) mass is 562 g/mol. The van der Waals surface area contributed by atoms with E-state index in [0.29, 0.717) is 18.1 Å². The molecule has 1 aromatic carbocycles. The number of nitrogens with zero attached hydrogens (tertiary/aromatic N) is 2. The van der Waals surface area contributed by atoms with E-state index in [1.165, 1.54) is 30.2 Å². The zero-order valence-electron chi connectivity index (χ0n) is 22.2. The van der Waals surface area contributed by atoms with Crippen molar-refractivity contribution in [1.82, 2.24) is 15.2 Å². The Bertz CT molecular complexity index is 1280. The van der Waals surface area contributed by atoms with Crippen LogP contribution in [-0.4, -0.2) is 66.6 Å². The van der Waals surface area contributed by atoms with Crippen LogP contribution in [0.25, 0.3) is 11.5 Å². The van der Waals surface area contributed by atoms with E-state index in [4.69, 9.17) is 19.6 Å². The lowest BCUT2D eigenvalue weighted by molar-refractivity contribution is -0.145. The fraction of sp³-hybridized carbons (Fsp3) is 0.556. The number of hydrogen-bond acceptors (Lipinski definition) is 9. The summed E-state index contributed by atoms with van der Waals surface area (Å²) in [5.74, 6) is -0.921. The van der Waals surface area contributed by atoms with Gasteiger partial charge in [-0.25, -0.2) is 9.78 Å². The second kappa shape index (κ2) is 11.4. The smallest absolute Gasteiger partial charge is 0.387 e. The van der Waals surface area contributed by atoms with Crippen LogP contribution in [0.4, 0.5) is 8.78 Å². The number of oxazole rings is 1. The summed E-state index contributed by atoms with van der Waals surface area (Å²) >= 11 is 0. The van der Waals surface area contributed by atoms with Crippen molar-refractivity contribution >= 4 is 17.8 Å². The first-order valence-corrected chi connectivity index (χ1v) is 13.3. The number of likely N-dealkylation sites (tertiary alicyclic amines) is 1. The Hall–Kier alpha value is -3.74. The van der Waals surface area contributed by atoms with Crippen LogP contribution in [0.15, 0.2) is 22.6 Å². The highest BCUT2D eigenvalue weighted by Gasteiger charge is 2.44. The molecule has 0 radical (unpaired) electrons. The molecule has 1 aliphatic heterocycles. The number of halogens is 2. The molecule has 2 aromatic rings. The number of hydrogen-bond donors (Lipinski definition) is 2. The molecule has 3 N–H and O–H groups in total. The van der Waals surface area contributed by atoms with Gasteiger partial charge in [0.2, 0.25) is 11.8 Å². The van der Waals surface area contributed by atoms with Crippen molar-refractivity contribution < 1.29 is 41.8 Å². The van der Waals surface area contributed by atoms with Crippen molar-refractivity contribution in [3.05, 3.63) is 29.7 Å². The maximum atomic E-state index is 13.8. The molecule has 40 heavy (non-hydrogen) atoms. The number of carbonyl (C=O) groups is 3. The van der Waals surface area contributed by atoms with E-state index in [9.17, 15) is 23.2 Å². The number of nitrogens with two attached hydrogens (primary N) is 1. The highest BCUT2D eigenvalue weighted by molar-refractivity contribution is 5.97. The Kier molecular flexibility index (Phi) is 7.92. The number of amides is 2. The molecule has 13 heteroatoms. The molecule has 5 rings (SSSR count). The van der Waals surface area contributed by atoms with E-state index < -0.39 is 36.6 Å². The quantitative estimate of drug-likeness (QED) is 0.395. The second-order valence-corrected chi connectivity index (χ2v) is 10.5. The predicted octanol–water partition coefficient (Wildman–Crippen LogP) is 3.03. The van der Waals surface area contributed by atoms with Gasteiger partial charge in [-0.05, 0) is 56.7 Å². The van der Waals surface area contributed by atoms with Crippen LogP contribution < -0.4 is 20.5 Å². The second-order valence-electron chi connectivity index (χ2n) is 10.5. The Morgan fingerprint density at radius 3 is 2.58 bits per heavy atom. The fourth-order valence-corrected chi connectivity index (χ4v) is 4.68. The summed E-state index contributed by atoms with van der Waals surface area (Å²) in [6.45, 7) is -0.987. The van der Waals surface area contributed by atoms with Crippen molar-refractivity contribution in [3.63, 3.8) is 0 Å². The highest BCUT2D eigenvalue weighted by Crippen LogP contribution is 2.37. The molecule has 0 bridgehead atoms. The van der Waals surface area contributed by atoms with E-state index in [0.717, 1.165) is 25.7 Å². The number of carbonyl (C=O) groups excluding carboxylic acids is 3. The molecule has 2 saturated carbocycles. The van der Waals surface area contributed by atoms with Gasteiger partial charge in [-0.3, -0.25) is 9.59 Å². The molecule has 2 amide bonds. The Morgan fingerprint density at radius 1 is 1.20 bits per heavy atom. The summed E-state index contributed by atoms with van der Waals surface area (Å²) in [5.41, 5.74) is 6.37. The van der Waals surface area contributed by atoms with Crippen LogP contribution in [0.5, 0.6) is 11.5 Å². The molecule has 2 aliphatic carbocycles. The largest absolute Gasteiger partial charge is 0.489 e. The molecular weight excluding hydrogens is 530 g/mol. The number of methoxy groups -OCH3 is 1. The third-order valence-electron chi connectivity index (χ3n) is 7.18. The average Bonchev–Trinajstić information content (AvgIpc) is 3.85. The first kappa shape index (κ1) is 27.8. The summed E-state index contributed by atoms with van der Waals surface area (Å²) in [5, 5.41) is 2.92. The maximum absolute atomic E-state index is 13.8. The summed E-state index contributed by atoms with van der Waals surface area (Å²) in [6, 6.07) is 2.14. The molecular formula is C27H32F2N4O7. The van der Waals surface area contributed by atoms with Crippen molar-refractivity contribution in [3.8, 4) is 23.0 Å². The van der Waals surface area contributed by atoms with Gasteiger partial charge in [0, 0.05) is 30.5 Å². The van der Waals surface area contributed by atoms with E-state index in [1.54, 1.807) is 6.92 Å². The number of alkyl halides is 2. The SMILES string of the molecule is COC(=O)[C@@H]1C[C@@H](NC(=O)C2CC2)CN1C(=O)c1nc(-c2ccc(OC(F)F)c(OCC3CC3)c2)oc1[C@H](C)N.